The normalized spacial score (nSPS) is 13.5. The molecular formula is C24H23N3O2. The number of carbonyl (C=O) groups is 2. The predicted molar refractivity (Wildman–Crippen MR) is 115 cm³/mol. The number of fused-ring (bicyclic) bond motifs is 1. The Labute approximate surface area is 170 Å². The number of amides is 3. The number of nitrogens with zero attached hydrogens (tertiary/aromatic N) is 1. The third kappa shape index (κ3) is 4.14. The number of carbonyl (C=O) groups excluding carboxylic acids is 2. The van der Waals surface area contributed by atoms with E-state index in [1.54, 1.807) is 4.90 Å². The lowest BCUT2D eigenvalue weighted by atomic mass is 10.1. The van der Waals surface area contributed by atoms with Crippen molar-refractivity contribution in [1.82, 2.24) is 5.32 Å². The third-order valence-electron chi connectivity index (χ3n) is 5.12. The standard InChI is InChI=1S/C24H23N3O2/c1-17-11-13-20(14-12-17)25-24(29)26-22(19-8-3-2-4-9-19)23(28)27-16-15-18-7-5-6-10-21(18)27/h2-14,22H,15-16H2,1H3,(H2,25,26,29)/t22-/m0/s1. The lowest BCUT2D eigenvalue weighted by Crippen LogP contribution is -2.43. The highest BCUT2D eigenvalue weighted by Crippen LogP contribution is 2.30. The van der Waals surface area contributed by atoms with E-state index >= 15 is 0 Å². The molecule has 1 aliphatic rings. The summed E-state index contributed by atoms with van der Waals surface area (Å²) in [7, 11) is 0. The summed E-state index contributed by atoms with van der Waals surface area (Å²) in [6, 6.07) is 23.6. The van der Waals surface area contributed by atoms with Crippen molar-refractivity contribution in [3.05, 3.63) is 95.6 Å². The van der Waals surface area contributed by atoms with E-state index in [1.807, 2.05) is 85.8 Å². The van der Waals surface area contributed by atoms with Crippen LogP contribution in [0.25, 0.3) is 0 Å². The zero-order valence-electron chi connectivity index (χ0n) is 16.3. The van der Waals surface area contributed by atoms with Gasteiger partial charge in [-0.2, -0.15) is 0 Å². The molecule has 3 aromatic rings. The van der Waals surface area contributed by atoms with Gasteiger partial charge in [-0.25, -0.2) is 4.79 Å². The smallest absolute Gasteiger partial charge is 0.320 e. The van der Waals surface area contributed by atoms with E-state index in [0.29, 0.717) is 12.2 Å². The molecule has 5 heteroatoms. The van der Waals surface area contributed by atoms with Crippen molar-refractivity contribution >= 4 is 23.3 Å². The van der Waals surface area contributed by atoms with Gasteiger partial charge in [-0.05, 0) is 42.7 Å². The number of benzene rings is 3. The number of para-hydroxylation sites is 1. The molecule has 0 fully saturated rings. The fourth-order valence-electron chi connectivity index (χ4n) is 3.59. The average molecular weight is 385 g/mol. The van der Waals surface area contributed by atoms with Crippen LogP contribution in [0.15, 0.2) is 78.9 Å². The molecule has 4 rings (SSSR count). The molecule has 0 spiro atoms. The van der Waals surface area contributed by atoms with Gasteiger partial charge in [0.25, 0.3) is 5.91 Å². The number of aryl methyl sites for hydroxylation is 1. The molecule has 1 aliphatic heterocycles. The molecule has 0 saturated carbocycles. The summed E-state index contributed by atoms with van der Waals surface area (Å²) in [5.41, 5.74) is 4.61. The van der Waals surface area contributed by atoms with Crippen molar-refractivity contribution in [2.45, 2.75) is 19.4 Å². The van der Waals surface area contributed by atoms with Gasteiger partial charge in [0.05, 0.1) is 0 Å². The monoisotopic (exact) mass is 385 g/mol. The first-order valence-corrected chi connectivity index (χ1v) is 9.70. The second-order valence-electron chi connectivity index (χ2n) is 7.18. The lowest BCUT2D eigenvalue weighted by molar-refractivity contribution is -0.120. The molecule has 0 radical (unpaired) electrons. The van der Waals surface area contributed by atoms with Gasteiger partial charge in [-0.3, -0.25) is 4.79 Å². The minimum Gasteiger partial charge on any atom is -0.322 e. The molecule has 3 amide bonds. The van der Waals surface area contributed by atoms with Crippen LogP contribution in [0, 0.1) is 6.92 Å². The van der Waals surface area contributed by atoms with E-state index in [4.69, 9.17) is 0 Å². The van der Waals surface area contributed by atoms with Crippen LogP contribution in [-0.4, -0.2) is 18.5 Å². The second-order valence-corrected chi connectivity index (χ2v) is 7.18. The Balaban J connectivity index is 1.56. The number of hydrogen-bond acceptors (Lipinski definition) is 2. The summed E-state index contributed by atoms with van der Waals surface area (Å²) in [5, 5.41) is 5.68. The highest BCUT2D eigenvalue weighted by atomic mass is 16.2. The Bertz CT molecular complexity index is 1020. The first-order valence-electron chi connectivity index (χ1n) is 9.70. The average Bonchev–Trinajstić information content (AvgIpc) is 3.18. The van der Waals surface area contributed by atoms with Crippen LogP contribution in [0.1, 0.15) is 22.7 Å². The van der Waals surface area contributed by atoms with Gasteiger partial charge in [0.15, 0.2) is 0 Å². The number of hydrogen-bond donors (Lipinski definition) is 2. The molecule has 1 heterocycles. The van der Waals surface area contributed by atoms with E-state index < -0.39 is 12.1 Å². The number of anilines is 2. The summed E-state index contributed by atoms with van der Waals surface area (Å²) in [4.78, 5) is 27.8. The fourth-order valence-corrected chi connectivity index (χ4v) is 3.59. The van der Waals surface area contributed by atoms with Crippen molar-refractivity contribution in [2.75, 3.05) is 16.8 Å². The first-order chi connectivity index (χ1) is 14.1. The first kappa shape index (κ1) is 18.7. The molecular weight excluding hydrogens is 362 g/mol. The Morgan fingerprint density at radius 1 is 0.897 bits per heavy atom. The van der Waals surface area contributed by atoms with E-state index in [1.165, 1.54) is 0 Å². The molecule has 0 aromatic heterocycles. The van der Waals surface area contributed by atoms with E-state index in [-0.39, 0.29) is 5.91 Å². The number of nitrogens with one attached hydrogen (secondary N) is 2. The Kier molecular flexibility index (Phi) is 5.29. The van der Waals surface area contributed by atoms with Crippen molar-refractivity contribution in [1.29, 1.82) is 0 Å². The summed E-state index contributed by atoms with van der Waals surface area (Å²) in [6.07, 6.45) is 0.818. The summed E-state index contributed by atoms with van der Waals surface area (Å²) in [6.45, 7) is 2.60. The maximum atomic E-state index is 13.4. The van der Waals surface area contributed by atoms with Gasteiger partial charge >= 0.3 is 6.03 Å². The van der Waals surface area contributed by atoms with Crippen LogP contribution in [0.4, 0.5) is 16.2 Å². The van der Waals surface area contributed by atoms with Gasteiger partial charge in [-0.1, -0.05) is 66.2 Å². The van der Waals surface area contributed by atoms with Crippen LogP contribution < -0.4 is 15.5 Å². The molecule has 1 atom stereocenters. The van der Waals surface area contributed by atoms with Crippen molar-refractivity contribution in [3.63, 3.8) is 0 Å². The summed E-state index contributed by atoms with van der Waals surface area (Å²) < 4.78 is 0. The largest absolute Gasteiger partial charge is 0.322 e. The maximum Gasteiger partial charge on any atom is 0.320 e. The topological polar surface area (TPSA) is 61.4 Å². The highest BCUT2D eigenvalue weighted by molar-refractivity contribution is 6.02. The van der Waals surface area contributed by atoms with Crippen molar-refractivity contribution in [2.24, 2.45) is 0 Å². The lowest BCUT2D eigenvalue weighted by Gasteiger charge is -2.25. The predicted octanol–water partition coefficient (Wildman–Crippen LogP) is 4.45. The Morgan fingerprint density at radius 3 is 2.34 bits per heavy atom. The minimum atomic E-state index is -0.771. The summed E-state index contributed by atoms with van der Waals surface area (Å²) in [5.74, 6) is -0.139. The second kappa shape index (κ2) is 8.19. The quantitative estimate of drug-likeness (QED) is 0.697. The maximum absolute atomic E-state index is 13.4. The molecule has 2 N–H and O–H groups in total. The van der Waals surface area contributed by atoms with Crippen LogP contribution in [0.5, 0.6) is 0 Å². The van der Waals surface area contributed by atoms with E-state index in [0.717, 1.165) is 28.8 Å². The van der Waals surface area contributed by atoms with Crippen molar-refractivity contribution < 1.29 is 9.59 Å². The molecule has 146 valence electrons. The molecule has 0 saturated heterocycles. The zero-order valence-corrected chi connectivity index (χ0v) is 16.3. The van der Waals surface area contributed by atoms with Crippen LogP contribution in [0.2, 0.25) is 0 Å². The Hall–Kier alpha value is -3.60. The van der Waals surface area contributed by atoms with Crippen LogP contribution in [0.3, 0.4) is 0 Å². The number of rotatable bonds is 4. The molecule has 0 unspecified atom stereocenters. The van der Waals surface area contributed by atoms with Gasteiger partial charge < -0.3 is 15.5 Å². The molecule has 0 bridgehead atoms. The molecule has 3 aromatic carbocycles. The van der Waals surface area contributed by atoms with Gasteiger partial charge in [0.2, 0.25) is 0 Å². The zero-order chi connectivity index (χ0) is 20.2. The van der Waals surface area contributed by atoms with Gasteiger partial charge in [0, 0.05) is 17.9 Å². The fraction of sp³-hybridized carbons (Fsp3) is 0.167. The van der Waals surface area contributed by atoms with E-state index in [2.05, 4.69) is 10.6 Å². The SMILES string of the molecule is Cc1ccc(NC(=O)N[C@H](C(=O)N2CCc3ccccc32)c2ccccc2)cc1. The van der Waals surface area contributed by atoms with Crippen molar-refractivity contribution in [3.8, 4) is 0 Å². The number of urea groups is 1. The molecule has 29 heavy (non-hydrogen) atoms. The summed E-state index contributed by atoms with van der Waals surface area (Å²) >= 11 is 0. The third-order valence-corrected chi connectivity index (χ3v) is 5.12. The van der Waals surface area contributed by atoms with Crippen LogP contribution >= 0.6 is 0 Å². The Morgan fingerprint density at radius 2 is 1.59 bits per heavy atom. The van der Waals surface area contributed by atoms with Gasteiger partial charge in [-0.15, -0.1) is 0 Å². The van der Waals surface area contributed by atoms with E-state index in [9.17, 15) is 9.59 Å². The van der Waals surface area contributed by atoms with Gasteiger partial charge in [0.1, 0.15) is 6.04 Å². The van der Waals surface area contributed by atoms with Crippen LogP contribution in [-0.2, 0) is 11.2 Å². The molecule has 0 aliphatic carbocycles. The molecule has 5 nitrogen and oxygen atoms in total. The minimum absolute atomic E-state index is 0.139. The highest BCUT2D eigenvalue weighted by Gasteiger charge is 2.32.